The first-order chi connectivity index (χ1) is 15.5. The number of rotatable bonds is 9. The Balaban J connectivity index is 1.71. The van der Waals surface area contributed by atoms with E-state index in [0.29, 0.717) is 36.0 Å². The Kier molecular flexibility index (Phi) is 8.49. The Hall–Kier alpha value is -3.07. The summed E-state index contributed by atoms with van der Waals surface area (Å²) in [4.78, 5) is 12.3. The number of methoxy groups -OCH3 is 1. The molecule has 1 amide bonds. The molecule has 0 heterocycles. The molecule has 3 rings (SSSR count). The van der Waals surface area contributed by atoms with Gasteiger partial charge in [-0.25, -0.2) is 5.43 Å². The fourth-order valence-electron chi connectivity index (χ4n) is 2.96. The molecule has 3 aromatic carbocycles. The average molecular weight is 544 g/mol. The quantitative estimate of drug-likeness (QED) is 0.224. The van der Waals surface area contributed by atoms with Crippen LogP contribution in [0.25, 0.3) is 0 Å². The Morgan fingerprint density at radius 2 is 1.84 bits per heavy atom. The van der Waals surface area contributed by atoms with E-state index in [9.17, 15) is 4.79 Å². The number of ether oxygens (including phenoxy) is 3. The van der Waals surface area contributed by atoms with Gasteiger partial charge >= 0.3 is 0 Å². The van der Waals surface area contributed by atoms with Gasteiger partial charge in [-0.1, -0.05) is 24.3 Å². The summed E-state index contributed by atoms with van der Waals surface area (Å²) in [6.07, 6.45) is 1.58. The number of hydrogen-bond acceptors (Lipinski definition) is 5. The molecule has 166 valence electrons. The largest absolute Gasteiger partial charge is 0.497 e. The van der Waals surface area contributed by atoms with Crippen molar-refractivity contribution in [2.24, 2.45) is 5.10 Å². The predicted octanol–water partition coefficient (Wildman–Crippen LogP) is 5.35. The Morgan fingerprint density at radius 3 is 2.53 bits per heavy atom. The van der Waals surface area contributed by atoms with E-state index in [1.165, 1.54) is 5.56 Å². The minimum absolute atomic E-state index is 0.304. The van der Waals surface area contributed by atoms with Crippen molar-refractivity contribution in [3.63, 3.8) is 0 Å². The van der Waals surface area contributed by atoms with E-state index in [0.717, 1.165) is 14.7 Å². The SMILES string of the molecule is CCOc1cc(/C=N\NC(=O)c2ccc(OC)cc2)cc(I)c1OCc1ccccc1C. The van der Waals surface area contributed by atoms with Gasteiger partial charge in [-0.2, -0.15) is 5.10 Å². The summed E-state index contributed by atoms with van der Waals surface area (Å²) in [6, 6.07) is 18.7. The summed E-state index contributed by atoms with van der Waals surface area (Å²) in [7, 11) is 1.58. The molecule has 3 aromatic rings. The maximum absolute atomic E-state index is 12.3. The number of carbonyl (C=O) groups excluding carboxylic acids is 1. The first-order valence-electron chi connectivity index (χ1n) is 10.1. The van der Waals surface area contributed by atoms with Crippen LogP contribution in [0.5, 0.6) is 17.2 Å². The van der Waals surface area contributed by atoms with Crippen LogP contribution in [0.1, 0.15) is 34.0 Å². The topological polar surface area (TPSA) is 69.2 Å². The second-order valence-corrected chi connectivity index (χ2v) is 8.07. The van der Waals surface area contributed by atoms with Crippen LogP contribution in [-0.4, -0.2) is 25.8 Å². The van der Waals surface area contributed by atoms with E-state index >= 15 is 0 Å². The van der Waals surface area contributed by atoms with E-state index in [1.54, 1.807) is 37.6 Å². The Labute approximate surface area is 201 Å². The van der Waals surface area contributed by atoms with E-state index in [4.69, 9.17) is 14.2 Å². The summed E-state index contributed by atoms with van der Waals surface area (Å²) in [5, 5.41) is 4.08. The number of nitrogens with one attached hydrogen (secondary N) is 1. The minimum Gasteiger partial charge on any atom is -0.497 e. The minimum atomic E-state index is -0.304. The first kappa shape index (κ1) is 23.6. The van der Waals surface area contributed by atoms with Crippen LogP contribution in [0.4, 0.5) is 0 Å². The predicted molar refractivity (Wildman–Crippen MR) is 134 cm³/mol. The van der Waals surface area contributed by atoms with Gasteiger partial charge in [0.1, 0.15) is 12.4 Å². The molecule has 0 saturated carbocycles. The van der Waals surface area contributed by atoms with Crippen LogP contribution < -0.4 is 19.6 Å². The lowest BCUT2D eigenvalue weighted by Crippen LogP contribution is -2.17. The second-order valence-electron chi connectivity index (χ2n) is 6.91. The van der Waals surface area contributed by atoms with Crippen LogP contribution >= 0.6 is 22.6 Å². The van der Waals surface area contributed by atoms with E-state index in [-0.39, 0.29) is 5.91 Å². The van der Waals surface area contributed by atoms with Crippen LogP contribution in [0.2, 0.25) is 0 Å². The Bertz CT molecular complexity index is 1100. The van der Waals surface area contributed by atoms with E-state index in [1.807, 2.05) is 31.2 Å². The number of hydrazone groups is 1. The summed E-state index contributed by atoms with van der Waals surface area (Å²) in [5.74, 6) is 1.71. The first-order valence-corrected chi connectivity index (χ1v) is 11.2. The number of nitrogens with zero attached hydrogens (tertiary/aromatic N) is 1. The number of hydrogen-bond donors (Lipinski definition) is 1. The molecule has 6 nitrogen and oxygen atoms in total. The van der Waals surface area contributed by atoms with Gasteiger partial charge in [-0.15, -0.1) is 0 Å². The molecule has 0 aliphatic rings. The summed E-state index contributed by atoms with van der Waals surface area (Å²) >= 11 is 2.22. The van der Waals surface area contributed by atoms with Gasteiger partial charge in [0.15, 0.2) is 11.5 Å². The van der Waals surface area contributed by atoms with Gasteiger partial charge in [-0.3, -0.25) is 4.79 Å². The molecule has 0 saturated heterocycles. The second kappa shape index (κ2) is 11.5. The van der Waals surface area contributed by atoms with Gasteiger partial charge in [0.2, 0.25) is 0 Å². The van der Waals surface area contributed by atoms with Crippen molar-refractivity contribution in [1.82, 2.24) is 5.43 Å². The van der Waals surface area contributed by atoms with Crippen molar-refractivity contribution in [3.05, 3.63) is 86.5 Å². The van der Waals surface area contributed by atoms with Crippen molar-refractivity contribution in [2.75, 3.05) is 13.7 Å². The molecular formula is C25H25IN2O4. The maximum atomic E-state index is 12.3. The fourth-order valence-corrected chi connectivity index (χ4v) is 3.74. The number of aryl methyl sites for hydroxylation is 1. The summed E-state index contributed by atoms with van der Waals surface area (Å²) in [6.45, 7) is 4.94. The van der Waals surface area contributed by atoms with Gasteiger partial charge in [0.25, 0.3) is 5.91 Å². The monoisotopic (exact) mass is 544 g/mol. The van der Waals surface area contributed by atoms with E-state index < -0.39 is 0 Å². The number of benzene rings is 3. The lowest BCUT2D eigenvalue weighted by atomic mass is 10.1. The van der Waals surface area contributed by atoms with Crippen LogP contribution in [0.3, 0.4) is 0 Å². The molecule has 0 aliphatic carbocycles. The molecule has 0 bridgehead atoms. The lowest BCUT2D eigenvalue weighted by Gasteiger charge is -2.15. The zero-order chi connectivity index (χ0) is 22.9. The van der Waals surface area contributed by atoms with Crippen LogP contribution in [0.15, 0.2) is 65.8 Å². The normalized spacial score (nSPS) is 10.8. The molecule has 0 radical (unpaired) electrons. The smallest absolute Gasteiger partial charge is 0.271 e. The van der Waals surface area contributed by atoms with Gasteiger partial charge in [-0.05, 0) is 89.5 Å². The highest BCUT2D eigenvalue weighted by Crippen LogP contribution is 2.34. The molecule has 0 fully saturated rings. The van der Waals surface area contributed by atoms with E-state index in [2.05, 4.69) is 52.2 Å². The number of amides is 1. The third kappa shape index (κ3) is 6.23. The molecule has 0 unspecified atom stereocenters. The van der Waals surface area contributed by atoms with Crippen molar-refractivity contribution in [1.29, 1.82) is 0 Å². The van der Waals surface area contributed by atoms with Gasteiger partial charge < -0.3 is 14.2 Å². The summed E-state index contributed by atoms with van der Waals surface area (Å²) in [5.41, 5.74) is 6.12. The molecule has 7 heteroatoms. The third-order valence-electron chi connectivity index (χ3n) is 4.70. The molecule has 32 heavy (non-hydrogen) atoms. The summed E-state index contributed by atoms with van der Waals surface area (Å²) < 4.78 is 17.9. The van der Waals surface area contributed by atoms with Crippen molar-refractivity contribution in [2.45, 2.75) is 20.5 Å². The van der Waals surface area contributed by atoms with Crippen LogP contribution in [-0.2, 0) is 6.61 Å². The van der Waals surface area contributed by atoms with Crippen molar-refractivity contribution >= 4 is 34.7 Å². The standard InChI is InChI=1S/C25H25IN2O4/c1-4-31-23-14-18(15-27-28-25(29)19-9-11-21(30-3)12-10-19)13-22(26)24(23)32-16-20-8-6-5-7-17(20)2/h5-15H,4,16H2,1-3H3,(H,28,29)/b27-15-. The van der Waals surface area contributed by atoms with Crippen molar-refractivity contribution in [3.8, 4) is 17.2 Å². The van der Waals surface area contributed by atoms with Gasteiger partial charge in [0.05, 0.1) is 23.5 Å². The lowest BCUT2D eigenvalue weighted by molar-refractivity contribution is 0.0955. The molecule has 0 atom stereocenters. The molecule has 1 N–H and O–H groups in total. The molecule has 0 aromatic heterocycles. The highest BCUT2D eigenvalue weighted by Gasteiger charge is 2.13. The van der Waals surface area contributed by atoms with Crippen molar-refractivity contribution < 1.29 is 19.0 Å². The molecular weight excluding hydrogens is 519 g/mol. The molecule has 0 spiro atoms. The zero-order valence-corrected chi connectivity index (χ0v) is 20.4. The highest BCUT2D eigenvalue weighted by molar-refractivity contribution is 14.1. The number of halogens is 1. The average Bonchev–Trinajstić information content (AvgIpc) is 2.80. The Morgan fingerprint density at radius 1 is 1.09 bits per heavy atom. The third-order valence-corrected chi connectivity index (χ3v) is 5.50. The zero-order valence-electron chi connectivity index (χ0n) is 18.2. The van der Waals surface area contributed by atoms with Gasteiger partial charge in [0, 0.05) is 5.56 Å². The number of carbonyl (C=O) groups is 1. The van der Waals surface area contributed by atoms with Crippen LogP contribution in [0, 0.1) is 10.5 Å². The highest BCUT2D eigenvalue weighted by atomic mass is 127. The fraction of sp³-hybridized carbons (Fsp3) is 0.200. The maximum Gasteiger partial charge on any atom is 0.271 e. The molecule has 0 aliphatic heterocycles.